The maximum absolute atomic E-state index is 12.6. The van der Waals surface area contributed by atoms with Crippen LogP contribution in [0.25, 0.3) is 0 Å². The Morgan fingerprint density at radius 3 is 2.61 bits per heavy atom. The Bertz CT molecular complexity index is 824. The Labute approximate surface area is 172 Å². The Morgan fingerprint density at radius 2 is 1.96 bits per heavy atom. The minimum atomic E-state index is -0.182. The van der Waals surface area contributed by atoms with Gasteiger partial charge in [-0.2, -0.15) is 0 Å². The zero-order chi connectivity index (χ0) is 19.9. The highest BCUT2D eigenvalue weighted by molar-refractivity contribution is 9.10. The van der Waals surface area contributed by atoms with E-state index in [0.717, 1.165) is 17.3 Å². The number of anilines is 1. The summed E-state index contributed by atoms with van der Waals surface area (Å²) in [6, 6.07) is 10.9. The van der Waals surface area contributed by atoms with Crippen LogP contribution in [0.1, 0.15) is 19.3 Å². The molecule has 0 aliphatic heterocycles. The molecule has 3 rings (SSSR count). The van der Waals surface area contributed by atoms with Gasteiger partial charge in [0.1, 0.15) is 5.82 Å². The molecule has 7 nitrogen and oxygen atoms in total. The maximum Gasteiger partial charge on any atom is 0.260 e. The highest BCUT2D eigenvalue weighted by Crippen LogP contribution is 2.28. The van der Waals surface area contributed by atoms with Crippen LogP contribution in [0.4, 0.5) is 5.82 Å². The molecule has 2 aromatic rings. The van der Waals surface area contributed by atoms with Gasteiger partial charge in [-0.3, -0.25) is 9.59 Å². The number of rotatable bonds is 9. The van der Waals surface area contributed by atoms with E-state index in [1.165, 1.54) is 0 Å². The number of carbonyl (C=O) groups excluding carboxylic acids is 2. The number of amides is 2. The lowest BCUT2D eigenvalue weighted by Crippen LogP contribution is -2.38. The molecule has 1 saturated carbocycles. The quantitative estimate of drug-likeness (QED) is 0.637. The van der Waals surface area contributed by atoms with Gasteiger partial charge in [0.2, 0.25) is 5.91 Å². The first kappa shape index (κ1) is 20.1. The zero-order valence-corrected chi connectivity index (χ0v) is 17.1. The van der Waals surface area contributed by atoms with Gasteiger partial charge in [0.05, 0.1) is 7.11 Å². The average molecular weight is 448 g/mol. The van der Waals surface area contributed by atoms with E-state index in [-0.39, 0.29) is 30.9 Å². The predicted molar refractivity (Wildman–Crippen MR) is 108 cm³/mol. The predicted octanol–water partition coefficient (Wildman–Crippen LogP) is 3.25. The van der Waals surface area contributed by atoms with Crippen molar-refractivity contribution in [3.8, 4) is 11.5 Å². The molecular formula is C20H22BrN3O4. The number of ether oxygens (including phenoxy) is 2. The lowest BCUT2D eigenvalue weighted by Gasteiger charge is -2.22. The molecule has 1 fully saturated rings. The number of aromatic nitrogens is 1. The summed E-state index contributed by atoms with van der Waals surface area (Å²) in [5, 5.41) is 2.74. The molecule has 1 heterocycles. The third-order valence-electron chi connectivity index (χ3n) is 4.30. The van der Waals surface area contributed by atoms with E-state index >= 15 is 0 Å². The molecular weight excluding hydrogens is 426 g/mol. The van der Waals surface area contributed by atoms with Gasteiger partial charge in [0, 0.05) is 29.7 Å². The second-order valence-electron chi connectivity index (χ2n) is 6.42. The number of para-hydroxylation sites is 2. The van der Waals surface area contributed by atoms with Crippen LogP contribution in [0.2, 0.25) is 0 Å². The molecule has 148 valence electrons. The lowest BCUT2D eigenvalue weighted by atomic mass is 10.3. The van der Waals surface area contributed by atoms with Crippen LogP contribution in [0.3, 0.4) is 0 Å². The highest BCUT2D eigenvalue weighted by Gasteiger charge is 2.32. The SMILES string of the molecule is COc1ccccc1OCC(=O)N(CCC(=O)Nc1ccc(Br)cn1)C1CC1. The smallest absolute Gasteiger partial charge is 0.260 e. The standard InChI is InChI=1S/C20H22BrN3O4/c1-27-16-4-2-3-5-17(16)28-13-20(26)24(15-7-8-15)11-10-19(25)23-18-9-6-14(21)12-22-18/h2-6,9,12,15H,7-8,10-11,13H2,1H3,(H,22,23,25). The first-order valence-corrected chi connectivity index (χ1v) is 9.83. The Hall–Kier alpha value is -2.61. The summed E-state index contributed by atoms with van der Waals surface area (Å²) >= 11 is 3.30. The lowest BCUT2D eigenvalue weighted by molar-refractivity contribution is -0.134. The number of pyridine rings is 1. The number of nitrogens with one attached hydrogen (secondary N) is 1. The van der Waals surface area contributed by atoms with Crippen LogP contribution in [0.15, 0.2) is 47.1 Å². The molecule has 28 heavy (non-hydrogen) atoms. The summed E-state index contributed by atoms with van der Waals surface area (Å²) in [6.07, 6.45) is 3.73. The summed E-state index contributed by atoms with van der Waals surface area (Å²) in [5.74, 6) is 1.27. The number of carbonyl (C=O) groups is 2. The number of halogens is 1. The molecule has 8 heteroatoms. The van der Waals surface area contributed by atoms with Crippen molar-refractivity contribution in [2.45, 2.75) is 25.3 Å². The number of benzene rings is 1. The fourth-order valence-electron chi connectivity index (χ4n) is 2.73. The van der Waals surface area contributed by atoms with Gasteiger partial charge in [0.15, 0.2) is 18.1 Å². The largest absolute Gasteiger partial charge is 0.493 e. The topological polar surface area (TPSA) is 80.8 Å². The first-order chi connectivity index (χ1) is 13.6. The van der Waals surface area contributed by atoms with Gasteiger partial charge in [0.25, 0.3) is 5.91 Å². The molecule has 1 aliphatic rings. The molecule has 0 spiro atoms. The van der Waals surface area contributed by atoms with Gasteiger partial charge in [-0.05, 0) is 53.0 Å². The van der Waals surface area contributed by atoms with Crippen molar-refractivity contribution in [3.63, 3.8) is 0 Å². The fraction of sp³-hybridized carbons (Fsp3) is 0.350. The Morgan fingerprint density at radius 1 is 1.21 bits per heavy atom. The van der Waals surface area contributed by atoms with Gasteiger partial charge >= 0.3 is 0 Å². The zero-order valence-electron chi connectivity index (χ0n) is 15.6. The number of nitrogens with zero attached hydrogens (tertiary/aromatic N) is 2. The van der Waals surface area contributed by atoms with Gasteiger partial charge < -0.3 is 19.7 Å². The number of hydrogen-bond donors (Lipinski definition) is 1. The molecule has 1 aromatic carbocycles. The molecule has 0 saturated heterocycles. The Kier molecular flexibility index (Phi) is 6.86. The second-order valence-corrected chi connectivity index (χ2v) is 7.33. The van der Waals surface area contributed by atoms with Crippen LogP contribution < -0.4 is 14.8 Å². The van der Waals surface area contributed by atoms with Crippen LogP contribution in [-0.4, -0.2) is 48.0 Å². The van der Waals surface area contributed by atoms with E-state index in [1.54, 1.807) is 42.5 Å². The van der Waals surface area contributed by atoms with Crippen molar-refractivity contribution in [3.05, 3.63) is 47.1 Å². The minimum Gasteiger partial charge on any atom is -0.493 e. The van der Waals surface area contributed by atoms with Crippen molar-refractivity contribution < 1.29 is 19.1 Å². The van der Waals surface area contributed by atoms with Crippen molar-refractivity contribution in [1.82, 2.24) is 9.88 Å². The molecule has 0 unspecified atom stereocenters. The van der Waals surface area contributed by atoms with E-state index in [9.17, 15) is 9.59 Å². The fourth-order valence-corrected chi connectivity index (χ4v) is 2.97. The van der Waals surface area contributed by atoms with Crippen molar-refractivity contribution in [2.24, 2.45) is 0 Å². The van der Waals surface area contributed by atoms with Crippen molar-refractivity contribution in [2.75, 3.05) is 25.6 Å². The van der Waals surface area contributed by atoms with E-state index in [4.69, 9.17) is 9.47 Å². The van der Waals surface area contributed by atoms with Crippen LogP contribution in [0.5, 0.6) is 11.5 Å². The van der Waals surface area contributed by atoms with Gasteiger partial charge in [-0.15, -0.1) is 0 Å². The summed E-state index contributed by atoms with van der Waals surface area (Å²) in [4.78, 5) is 30.6. The molecule has 0 radical (unpaired) electrons. The van der Waals surface area contributed by atoms with Gasteiger partial charge in [-0.25, -0.2) is 4.98 Å². The molecule has 1 aliphatic carbocycles. The van der Waals surface area contributed by atoms with Crippen LogP contribution >= 0.6 is 15.9 Å². The van der Waals surface area contributed by atoms with Crippen molar-refractivity contribution >= 4 is 33.6 Å². The van der Waals surface area contributed by atoms with Crippen LogP contribution in [-0.2, 0) is 9.59 Å². The van der Waals surface area contributed by atoms with E-state index in [0.29, 0.717) is 23.9 Å². The normalized spacial score (nSPS) is 12.9. The van der Waals surface area contributed by atoms with E-state index in [1.807, 2.05) is 12.1 Å². The summed E-state index contributed by atoms with van der Waals surface area (Å²) in [7, 11) is 1.55. The molecule has 0 bridgehead atoms. The summed E-state index contributed by atoms with van der Waals surface area (Å²) in [5.41, 5.74) is 0. The monoisotopic (exact) mass is 447 g/mol. The molecule has 1 aromatic heterocycles. The highest BCUT2D eigenvalue weighted by atomic mass is 79.9. The minimum absolute atomic E-state index is 0.0905. The van der Waals surface area contributed by atoms with E-state index < -0.39 is 0 Å². The first-order valence-electron chi connectivity index (χ1n) is 9.03. The summed E-state index contributed by atoms with van der Waals surface area (Å²) < 4.78 is 11.7. The number of hydrogen-bond acceptors (Lipinski definition) is 5. The molecule has 1 N–H and O–H groups in total. The maximum atomic E-state index is 12.6. The van der Waals surface area contributed by atoms with E-state index in [2.05, 4.69) is 26.2 Å². The third kappa shape index (κ3) is 5.69. The van der Waals surface area contributed by atoms with Gasteiger partial charge in [-0.1, -0.05) is 12.1 Å². The summed E-state index contributed by atoms with van der Waals surface area (Å²) in [6.45, 7) is 0.258. The second kappa shape index (κ2) is 9.54. The van der Waals surface area contributed by atoms with Crippen LogP contribution in [0, 0.1) is 0 Å². The van der Waals surface area contributed by atoms with Crippen molar-refractivity contribution in [1.29, 1.82) is 0 Å². The molecule has 0 atom stereocenters. The molecule has 2 amide bonds. The third-order valence-corrected chi connectivity index (χ3v) is 4.77. The number of methoxy groups -OCH3 is 1. The Balaban J connectivity index is 1.51. The average Bonchev–Trinajstić information content (AvgIpc) is 3.53.